The van der Waals surface area contributed by atoms with E-state index in [2.05, 4.69) is 21.3 Å². The maximum Gasteiger partial charge on any atom is 0.452 e. The third-order valence-electron chi connectivity index (χ3n) is 6.00. The highest BCUT2D eigenvalue weighted by atomic mass is 19.4. The summed E-state index contributed by atoms with van der Waals surface area (Å²) in [7, 11) is 1.41. The molecule has 0 radical (unpaired) electrons. The average Bonchev–Trinajstić information content (AvgIpc) is 2.94. The molecule has 0 saturated heterocycles. The zero-order chi connectivity index (χ0) is 33.2. The number of carbonyl (C=O) groups is 5. The number of hydrogen-bond donors (Lipinski definition) is 4. The number of benzene rings is 2. The van der Waals surface area contributed by atoms with Gasteiger partial charge in [0.05, 0.1) is 19.7 Å². The molecule has 0 fully saturated rings. The van der Waals surface area contributed by atoms with Gasteiger partial charge in [0.25, 0.3) is 11.7 Å². The second-order valence-electron chi connectivity index (χ2n) is 11.1. The molecule has 4 amide bonds. The highest BCUT2D eigenvalue weighted by molar-refractivity contribution is 5.98. The van der Waals surface area contributed by atoms with Crippen LogP contribution < -0.4 is 26.0 Å². The summed E-state index contributed by atoms with van der Waals surface area (Å²) in [6, 6.07) is 8.61. The Morgan fingerprint density at radius 2 is 1.43 bits per heavy atom. The fraction of sp³-hybridized carbons (Fsp3) is 0.433. The summed E-state index contributed by atoms with van der Waals surface area (Å²) in [6.45, 7) is 7.46. The molecule has 0 saturated carbocycles. The van der Waals surface area contributed by atoms with Crippen molar-refractivity contribution in [2.75, 3.05) is 13.7 Å². The van der Waals surface area contributed by atoms with Gasteiger partial charge in [0.2, 0.25) is 11.8 Å². The molecule has 0 aliphatic heterocycles. The van der Waals surface area contributed by atoms with Crippen LogP contribution in [0.15, 0.2) is 48.5 Å². The molecule has 0 aromatic heterocycles. The number of carbonyl (C=O) groups excluding carboxylic acids is 5. The predicted molar refractivity (Wildman–Crippen MR) is 154 cm³/mol. The zero-order valence-electron chi connectivity index (χ0n) is 25.3. The van der Waals surface area contributed by atoms with Crippen LogP contribution in [-0.2, 0) is 25.7 Å². The molecule has 0 bridgehead atoms. The molecule has 14 heteroatoms. The average molecular weight is 623 g/mol. The van der Waals surface area contributed by atoms with Crippen LogP contribution in [0.25, 0.3) is 0 Å². The number of alkyl carbamates (subject to hydrolysis) is 1. The summed E-state index contributed by atoms with van der Waals surface area (Å²) in [6.07, 6.45) is -5.78. The number of halogens is 3. The second-order valence-corrected chi connectivity index (χ2v) is 11.1. The molecular weight excluding hydrogens is 585 g/mol. The van der Waals surface area contributed by atoms with E-state index in [0.29, 0.717) is 11.3 Å². The van der Waals surface area contributed by atoms with Crippen molar-refractivity contribution < 1.29 is 46.6 Å². The van der Waals surface area contributed by atoms with Gasteiger partial charge in [0, 0.05) is 12.1 Å². The quantitative estimate of drug-likeness (QED) is 0.282. The smallest absolute Gasteiger partial charge is 0.452 e. The minimum absolute atomic E-state index is 0.153. The van der Waals surface area contributed by atoms with Crippen molar-refractivity contribution in [3.05, 3.63) is 65.2 Å². The molecule has 2 aromatic rings. The first kappa shape index (κ1) is 35.6. The predicted octanol–water partition coefficient (Wildman–Crippen LogP) is 3.58. The van der Waals surface area contributed by atoms with Gasteiger partial charge in [-0.3, -0.25) is 19.2 Å². The summed E-state index contributed by atoms with van der Waals surface area (Å²) in [5, 5.41) is 9.51. The molecule has 11 nitrogen and oxygen atoms in total. The molecular formula is C30H37F3N4O7. The summed E-state index contributed by atoms with van der Waals surface area (Å²) in [5.74, 6) is -5.10. The van der Waals surface area contributed by atoms with Crippen LogP contribution in [0.5, 0.6) is 5.75 Å². The summed E-state index contributed by atoms with van der Waals surface area (Å²) in [5.41, 5.74) is 0.427. The number of rotatable bonds is 12. The van der Waals surface area contributed by atoms with Gasteiger partial charge in [-0.15, -0.1) is 0 Å². The van der Waals surface area contributed by atoms with Crippen molar-refractivity contribution in [3.63, 3.8) is 0 Å². The molecule has 0 spiro atoms. The number of amides is 4. The van der Waals surface area contributed by atoms with Crippen LogP contribution in [0.4, 0.5) is 18.0 Å². The van der Waals surface area contributed by atoms with Crippen molar-refractivity contribution in [3.8, 4) is 5.75 Å². The molecule has 2 atom stereocenters. The lowest BCUT2D eigenvalue weighted by Crippen LogP contribution is -2.53. The van der Waals surface area contributed by atoms with E-state index in [9.17, 15) is 37.1 Å². The first-order valence-electron chi connectivity index (χ1n) is 13.6. The van der Waals surface area contributed by atoms with Crippen LogP contribution in [0.2, 0.25) is 0 Å². The van der Waals surface area contributed by atoms with E-state index in [-0.39, 0.29) is 17.7 Å². The number of ketones is 1. The summed E-state index contributed by atoms with van der Waals surface area (Å²) < 4.78 is 49.7. The molecule has 240 valence electrons. The van der Waals surface area contributed by atoms with E-state index < -0.39 is 65.9 Å². The van der Waals surface area contributed by atoms with Gasteiger partial charge >= 0.3 is 12.3 Å². The fourth-order valence-electron chi connectivity index (χ4n) is 3.78. The van der Waals surface area contributed by atoms with Crippen LogP contribution in [0, 0.1) is 5.92 Å². The lowest BCUT2D eigenvalue weighted by Gasteiger charge is -2.26. The van der Waals surface area contributed by atoms with Gasteiger partial charge in [-0.2, -0.15) is 13.2 Å². The van der Waals surface area contributed by atoms with E-state index in [4.69, 9.17) is 9.47 Å². The van der Waals surface area contributed by atoms with Crippen LogP contribution in [0.1, 0.15) is 62.1 Å². The Kier molecular flexibility index (Phi) is 12.3. The standard InChI is InChI=1S/C30H37F3N4O7/c1-17(2)23(25(39)30(31,32)33)37-27(41)24(19-11-13-21(43-6)14-12-19)36-22(38)16-34-26(40)20-9-7-18(8-10-20)15-35-28(42)44-29(3,4)5/h7-14,17,23-24H,15-16H2,1-6H3,(H,34,40)(H,35,42)(H,36,38)(H,37,41)/t23-,24-/m0/s1. The molecule has 2 aromatic carbocycles. The molecule has 0 heterocycles. The Morgan fingerprint density at radius 1 is 0.841 bits per heavy atom. The van der Waals surface area contributed by atoms with Gasteiger partial charge in [-0.1, -0.05) is 38.1 Å². The monoisotopic (exact) mass is 622 g/mol. The Labute approximate surface area is 253 Å². The van der Waals surface area contributed by atoms with Crippen molar-refractivity contribution >= 4 is 29.6 Å². The Bertz CT molecular complexity index is 1320. The largest absolute Gasteiger partial charge is 0.497 e. The lowest BCUT2D eigenvalue weighted by molar-refractivity contribution is -0.175. The van der Waals surface area contributed by atoms with E-state index in [0.717, 1.165) is 0 Å². The topological polar surface area (TPSA) is 152 Å². The fourth-order valence-corrected chi connectivity index (χ4v) is 3.78. The highest BCUT2D eigenvalue weighted by Gasteiger charge is 2.45. The van der Waals surface area contributed by atoms with Crippen molar-refractivity contribution in [2.45, 2.75) is 65.0 Å². The lowest BCUT2D eigenvalue weighted by atomic mass is 9.98. The highest BCUT2D eigenvalue weighted by Crippen LogP contribution is 2.23. The Balaban J connectivity index is 2.08. The summed E-state index contributed by atoms with van der Waals surface area (Å²) >= 11 is 0. The SMILES string of the molecule is COc1ccc([C@H](NC(=O)CNC(=O)c2ccc(CNC(=O)OC(C)(C)C)cc2)C(=O)N[C@H](C(=O)C(F)(F)F)C(C)C)cc1. The molecule has 44 heavy (non-hydrogen) atoms. The van der Waals surface area contributed by atoms with E-state index in [1.807, 2.05) is 0 Å². The molecule has 2 rings (SSSR count). The molecule has 0 aliphatic rings. The van der Waals surface area contributed by atoms with E-state index in [1.165, 1.54) is 57.4 Å². The number of Topliss-reactive ketones (excluding diaryl/α,β-unsaturated/α-hetero) is 1. The minimum Gasteiger partial charge on any atom is -0.497 e. The minimum atomic E-state index is -5.18. The van der Waals surface area contributed by atoms with Crippen molar-refractivity contribution in [1.82, 2.24) is 21.3 Å². The van der Waals surface area contributed by atoms with Crippen molar-refractivity contribution in [1.29, 1.82) is 0 Å². The summed E-state index contributed by atoms with van der Waals surface area (Å²) in [4.78, 5) is 62.3. The third-order valence-corrected chi connectivity index (χ3v) is 6.00. The molecule has 0 aliphatic carbocycles. The van der Waals surface area contributed by atoms with E-state index >= 15 is 0 Å². The normalized spacial score (nSPS) is 12.9. The first-order chi connectivity index (χ1) is 20.4. The van der Waals surface area contributed by atoms with Gasteiger partial charge < -0.3 is 30.7 Å². The maximum absolute atomic E-state index is 13.1. The number of nitrogens with one attached hydrogen (secondary N) is 4. The van der Waals surface area contributed by atoms with Crippen molar-refractivity contribution in [2.24, 2.45) is 5.92 Å². The Morgan fingerprint density at radius 3 is 1.93 bits per heavy atom. The Hall–Kier alpha value is -4.62. The van der Waals surface area contributed by atoms with Gasteiger partial charge in [0.15, 0.2) is 0 Å². The number of ether oxygens (including phenoxy) is 2. The van der Waals surface area contributed by atoms with E-state index in [1.54, 1.807) is 32.9 Å². The first-order valence-corrected chi connectivity index (χ1v) is 13.6. The maximum atomic E-state index is 13.1. The van der Waals surface area contributed by atoms with Gasteiger partial charge in [-0.05, 0) is 62.1 Å². The van der Waals surface area contributed by atoms with Crippen LogP contribution in [0.3, 0.4) is 0 Å². The van der Waals surface area contributed by atoms with Crippen LogP contribution >= 0.6 is 0 Å². The molecule has 0 unspecified atom stereocenters. The third kappa shape index (κ3) is 11.2. The van der Waals surface area contributed by atoms with Crippen LogP contribution in [-0.4, -0.2) is 61.1 Å². The van der Waals surface area contributed by atoms with Gasteiger partial charge in [-0.25, -0.2) is 4.79 Å². The number of alkyl halides is 3. The molecule has 4 N–H and O–H groups in total. The second kappa shape index (κ2) is 15.2. The zero-order valence-corrected chi connectivity index (χ0v) is 25.3. The van der Waals surface area contributed by atoms with Gasteiger partial charge in [0.1, 0.15) is 17.4 Å². The number of methoxy groups -OCH3 is 1. The number of hydrogen-bond acceptors (Lipinski definition) is 7.